The molecule has 2 amide bonds. The van der Waals surface area contributed by atoms with Gasteiger partial charge in [0.25, 0.3) is 0 Å². The Morgan fingerprint density at radius 2 is 2.11 bits per heavy atom. The summed E-state index contributed by atoms with van der Waals surface area (Å²) in [6.07, 6.45) is -0.671. The first kappa shape index (κ1) is 13.8. The van der Waals surface area contributed by atoms with E-state index < -0.39 is 6.10 Å². The molecule has 1 atom stereocenters. The SMILES string of the molecule is CC(C)NC(=O)NCC(O)c1cc2ccccc2s1. The number of rotatable bonds is 4. The van der Waals surface area contributed by atoms with Gasteiger partial charge in [0.05, 0.1) is 6.54 Å². The van der Waals surface area contributed by atoms with Crippen LogP contribution in [0.4, 0.5) is 4.79 Å². The van der Waals surface area contributed by atoms with Crippen LogP contribution in [0.15, 0.2) is 30.3 Å². The monoisotopic (exact) mass is 278 g/mol. The van der Waals surface area contributed by atoms with Crippen molar-refractivity contribution in [1.82, 2.24) is 10.6 Å². The minimum absolute atomic E-state index is 0.0847. The van der Waals surface area contributed by atoms with Crippen LogP contribution in [-0.2, 0) is 0 Å². The summed E-state index contributed by atoms with van der Waals surface area (Å²) in [6.45, 7) is 4.00. The second-order valence-electron chi connectivity index (χ2n) is 4.71. The number of hydrogen-bond acceptors (Lipinski definition) is 3. The third kappa shape index (κ3) is 3.68. The second-order valence-corrected chi connectivity index (χ2v) is 5.83. The van der Waals surface area contributed by atoms with Crippen LogP contribution in [0, 0.1) is 0 Å². The summed E-state index contributed by atoms with van der Waals surface area (Å²) in [5.41, 5.74) is 0. The number of aliphatic hydroxyl groups excluding tert-OH is 1. The molecule has 0 aliphatic rings. The van der Waals surface area contributed by atoms with Crippen LogP contribution in [0.5, 0.6) is 0 Å². The lowest BCUT2D eigenvalue weighted by Gasteiger charge is -2.12. The average molecular weight is 278 g/mol. The van der Waals surface area contributed by atoms with E-state index in [0.29, 0.717) is 0 Å². The van der Waals surface area contributed by atoms with Crippen LogP contribution >= 0.6 is 11.3 Å². The Labute approximate surface area is 116 Å². The molecular weight excluding hydrogens is 260 g/mol. The van der Waals surface area contributed by atoms with Crippen LogP contribution in [0.3, 0.4) is 0 Å². The molecule has 0 saturated heterocycles. The Balaban J connectivity index is 1.96. The van der Waals surface area contributed by atoms with Crippen molar-refractivity contribution >= 4 is 27.5 Å². The zero-order valence-electron chi connectivity index (χ0n) is 11.0. The molecule has 0 bridgehead atoms. The number of urea groups is 1. The van der Waals surface area contributed by atoms with Crippen LogP contribution in [-0.4, -0.2) is 23.7 Å². The number of carbonyl (C=O) groups excluding carboxylic acids is 1. The van der Waals surface area contributed by atoms with Crippen molar-refractivity contribution in [2.45, 2.75) is 26.0 Å². The lowest BCUT2D eigenvalue weighted by Crippen LogP contribution is -2.41. The molecule has 0 spiro atoms. The molecule has 1 heterocycles. The summed E-state index contributed by atoms with van der Waals surface area (Å²) in [5.74, 6) is 0. The standard InChI is InChI=1S/C14H18N2O2S/c1-9(2)16-14(18)15-8-11(17)13-7-10-5-3-4-6-12(10)19-13/h3-7,9,11,17H,8H2,1-2H3,(H2,15,16,18). The number of aliphatic hydroxyl groups is 1. The van der Waals surface area contributed by atoms with Crippen LogP contribution in [0.1, 0.15) is 24.8 Å². The molecule has 5 heteroatoms. The maximum Gasteiger partial charge on any atom is 0.315 e. The Morgan fingerprint density at radius 1 is 1.37 bits per heavy atom. The van der Waals surface area contributed by atoms with Crippen molar-refractivity contribution in [3.8, 4) is 0 Å². The minimum atomic E-state index is -0.671. The van der Waals surface area contributed by atoms with Crippen LogP contribution < -0.4 is 10.6 Å². The van der Waals surface area contributed by atoms with Gasteiger partial charge < -0.3 is 15.7 Å². The van der Waals surface area contributed by atoms with E-state index in [-0.39, 0.29) is 18.6 Å². The Hall–Kier alpha value is -1.59. The first-order valence-electron chi connectivity index (χ1n) is 6.27. The van der Waals surface area contributed by atoms with Crippen LogP contribution in [0.25, 0.3) is 10.1 Å². The number of carbonyl (C=O) groups is 1. The van der Waals surface area contributed by atoms with Gasteiger partial charge in [-0.25, -0.2) is 4.79 Å². The Morgan fingerprint density at radius 3 is 2.79 bits per heavy atom. The molecule has 2 aromatic rings. The molecule has 1 aromatic carbocycles. The lowest BCUT2D eigenvalue weighted by atomic mass is 10.2. The first-order chi connectivity index (χ1) is 9.06. The van der Waals surface area contributed by atoms with E-state index in [4.69, 9.17) is 0 Å². The maximum atomic E-state index is 11.4. The van der Waals surface area contributed by atoms with Gasteiger partial charge in [0.1, 0.15) is 6.10 Å². The van der Waals surface area contributed by atoms with Gasteiger partial charge in [0, 0.05) is 15.6 Å². The van der Waals surface area contributed by atoms with Crippen molar-refractivity contribution < 1.29 is 9.90 Å². The van der Waals surface area contributed by atoms with Crippen molar-refractivity contribution in [1.29, 1.82) is 0 Å². The number of nitrogens with one attached hydrogen (secondary N) is 2. The number of benzene rings is 1. The summed E-state index contributed by atoms with van der Waals surface area (Å²) in [7, 11) is 0. The molecule has 0 aliphatic carbocycles. The number of thiophene rings is 1. The molecule has 0 fully saturated rings. The molecule has 0 aliphatic heterocycles. The van der Waals surface area contributed by atoms with Gasteiger partial charge >= 0.3 is 6.03 Å². The van der Waals surface area contributed by atoms with E-state index in [1.54, 1.807) is 11.3 Å². The molecule has 4 nitrogen and oxygen atoms in total. The largest absolute Gasteiger partial charge is 0.386 e. The smallest absolute Gasteiger partial charge is 0.315 e. The van der Waals surface area contributed by atoms with Gasteiger partial charge in [0.15, 0.2) is 0 Å². The van der Waals surface area contributed by atoms with E-state index in [1.165, 1.54) is 0 Å². The molecule has 102 valence electrons. The fourth-order valence-electron chi connectivity index (χ4n) is 1.77. The highest BCUT2D eigenvalue weighted by Crippen LogP contribution is 2.29. The summed E-state index contributed by atoms with van der Waals surface area (Å²) < 4.78 is 1.14. The number of fused-ring (bicyclic) bond motifs is 1. The van der Waals surface area contributed by atoms with Crippen molar-refractivity contribution in [2.75, 3.05) is 6.54 Å². The summed E-state index contributed by atoms with van der Waals surface area (Å²) in [4.78, 5) is 12.3. The summed E-state index contributed by atoms with van der Waals surface area (Å²) in [6, 6.07) is 9.78. The molecule has 0 radical (unpaired) electrons. The van der Waals surface area contributed by atoms with E-state index in [2.05, 4.69) is 10.6 Å². The molecule has 1 aromatic heterocycles. The first-order valence-corrected chi connectivity index (χ1v) is 7.09. The van der Waals surface area contributed by atoms with E-state index >= 15 is 0 Å². The minimum Gasteiger partial charge on any atom is -0.386 e. The van der Waals surface area contributed by atoms with Gasteiger partial charge in [-0.15, -0.1) is 11.3 Å². The van der Waals surface area contributed by atoms with Gasteiger partial charge in [-0.1, -0.05) is 18.2 Å². The van der Waals surface area contributed by atoms with Crippen molar-refractivity contribution in [2.24, 2.45) is 0 Å². The quantitative estimate of drug-likeness (QED) is 0.805. The number of hydrogen-bond donors (Lipinski definition) is 3. The number of amides is 2. The van der Waals surface area contributed by atoms with E-state index in [9.17, 15) is 9.90 Å². The summed E-state index contributed by atoms with van der Waals surface area (Å²) >= 11 is 1.55. The lowest BCUT2D eigenvalue weighted by molar-refractivity contribution is 0.176. The van der Waals surface area contributed by atoms with Crippen LogP contribution in [0.2, 0.25) is 0 Å². The Bertz CT molecular complexity index is 532. The molecular formula is C14H18N2O2S. The van der Waals surface area contributed by atoms with E-state index in [0.717, 1.165) is 15.0 Å². The third-order valence-corrected chi connectivity index (χ3v) is 3.87. The average Bonchev–Trinajstić information content (AvgIpc) is 2.78. The third-order valence-electron chi connectivity index (χ3n) is 2.65. The zero-order valence-corrected chi connectivity index (χ0v) is 11.8. The van der Waals surface area contributed by atoms with Gasteiger partial charge in [-0.2, -0.15) is 0 Å². The Kier molecular flexibility index (Phi) is 4.39. The molecule has 3 N–H and O–H groups in total. The highest BCUT2D eigenvalue weighted by Gasteiger charge is 2.12. The van der Waals surface area contributed by atoms with Crippen molar-refractivity contribution in [3.63, 3.8) is 0 Å². The topological polar surface area (TPSA) is 61.4 Å². The molecule has 1 unspecified atom stereocenters. The van der Waals surface area contributed by atoms with Gasteiger partial charge in [0.2, 0.25) is 0 Å². The molecule has 19 heavy (non-hydrogen) atoms. The highest BCUT2D eigenvalue weighted by atomic mass is 32.1. The zero-order chi connectivity index (χ0) is 13.8. The predicted octanol–water partition coefficient (Wildman–Crippen LogP) is 2.64. The van der Waals surface area contributed by atoms with E-state index in [1.807, 2.05) is 44.2 Å². The second kappa shape index (κ2) is 6.04. The fourth-order valence-corrected chi connectivity index (χ4v) is 2.82. The highest BCUT2D eigenvalue weighted by molar-refractivity contribution is 7.19. The van der Waals surface area contributed by atoms with Gasteiger partial charge in [-0.05, 0) is 31.4 Å². The van der Waals surface area contributed by atoms with Crippen molar-refractivity contribution in [3.05, 3.63) is 35.2 Å². The van der Waals surface area contributed by atoms with Gasteiger partial charge in [-0.3, -0.25) is 0 Å². The molecule has 0 saturated carbocycles. The predicted molar refractivity (Wildman–Crippen MR) is 78.5 cm³/mol. The molecule has 2 rings (SSSR count). The summed E-state index contributed by atoms with van der Waals surface area (Å²) in [5, 5.41) is 16.6. The maximum absolute atomic E-state index is 11.4. The fraction of sp³-hybridized carbons (Fsp3) is 0.357. The normalized spacial score (nSPS) is 12.6.